The third-order valence-electron chi connectivity index (χ3n) is 4.61. The Labute approximate surface area is 129 Å². The number of rotatable bonds is 6. The van der Waals surface area contributed by atoms with Gasteiger partial charge in [0.05, 0.1) is 6.61 Å². The highest BCUT2D eigenvalue weighted by Crippen LogP contribution is 2.34. The second-order valence-electron chi connectivity index (χ2n) is 6.06. The topological polar surface area (TPSA) is 24.5 Å². The van der Waals surface area contributed by atoms with Crippen LogP contribution in [-0.4, -0.2) is 38.7 Å². The van der Waals surface area contributed by atoms with Crippen LogP contribution in [0, 0.1) is 5.92 Å². The lowest BCUT2D eigenvalue weighted by atomic mass is 9.88. The molecule has 21 heavy (non-hydrogen) atoms. The molecular formula is C18H30N2O. The third-order valence-corrected chi connectivity index (χ3v) is 4.61. The summed E-state index contributed by atoms with van der Waals surface area (Å²) in [5.41, 5.74) is 2.71. The molecule has 0 spiro atoms. The van der Waals surface area contributed by atoms with E-state index in [9.17, 15) is 0 Å². The minimum absolute atomic E-state index is 0.543. The number of hydrogen-bond donors (Lipinski definition) is 1. The summed E-state index contributed by atoms with van der Waals surface area (Å²) < 4.78 is 5.21. The summed E-state index contributed by atoms with van der Waals surface area (Å²) in [4.78, 5) is 2.65. The Kier molecular flexibility index (Phi) is 6.68. The van der Waals surface area contributed by atoms with Crippen molar-refractivity contribution < 1.29 is 4.74 Å². The first-order chi connectivity index (χ1) is 10.3. The van der Waals surface area contributed by atoms with E-state index in [1.165, 1.54) is 36.9 Å². The van der Waals surface area contributed by atoms with Crippen molar-refractivity contribution in [1.82, 2.24) is 10.2 Å². The van der Waals surface area contributed by atoms with Gasteiger partial charge >= 0.3 is 0 Å². The molecule has 2 atom stereocenters. The van der Waals surface area contributed by atoms with Crippen molar-refractivity contribution in [3.63, 3.8) is 0 Å². The van der Waals surface area contributed by atoms with Crippen LogP contribution in [0.2, 0.25) is 0 Å². The maximum Gasteiger partial charge on any atom is 0.0713 e. The first-order valence-corrected chi connectivity index (χ1v) is 8.26. The Morgan fingerprint density at radius 1 is 1.24 bits per heavy atom. The van der Waals surface area contributed by atoms with Gasteiger partial charge in [-0.2, -0.15) is 0 Å². The molecular weight excluding hydrogens is 260 g/mol. The molecule has 1 saturated heterocycles. The Morgan fingerprint density at radius 2 is 2.00 bits per heavy atom. The van der Waals surface area contributed by atoms with Crippen LogP contribution < -0.4 is 5.32 Å². The average Bonchev–Trinajstić information content (AvgIpc) is 2.71. The molecule has 0 saturated carbocycles. The molecule has 0 radical (unpaired) electrons. The van der Waals surface area contributed by atoms with Gasteiger partial charge in [-0.15, -0.1) is 0 Å². The number of ether oxygens (including phenoxy) is 1. The molecule has 1 aliphatic heterocycles. The molecule has 0 aliphatic carbocycles. The molecule has 1 aromatic rings. The van der Waals surface area contributed by atoms with Gasteiger partial charge in [-0.1, -0.05) is 37.6 Å². The van der Waals surface area contributed by atoms with Crippen molar-refractivity contribution in [2.24, 2.45) is 5.92 Å². The minimum Gasteiger partial charge on any atom is -0.380 e. The van der Waals surface area contributed by atoms with E-state index in [1.807, 2.05) is 0 Å². The SMILES string of the molecule is CCN1CCCCC(CNC)C1c1ccc(COC)cc1. The standard InChI is InChI=1S/C18H30N2O/c1-4-20-12-6-5-7-17(13-19-2)18(20)16-10-8-15(9-11-16)14-21-3/h8-11,17-19H,4-7,12-14H2,1-3H3. The van der Waals surface area contributed by atoms with Crippen molar-refractivity contribution >= 4 is 0 Å². The van der Waals surface area contributed by atoms with Crippen molar-refractivity contribution in [2.45, 2.75) is 38.8 Å². The van der Waals surface area contributed by atoms with Crippen LogP contribution in [0.4, 0.5) is 0 Å². The zero-order valence-electron chi connectivity index (χ0n) is 13.8. The number of nitrogens with zero attached hydrogens (tertiary/aromatic N) is 1. The van der Waals surface area contributed by atoms with Gasteiger partial charge in [0.15, 0.2) is 0 Å². The number of benzene rings is 1. The predicted molar refractivity (Wildman–Crippen MR) is 88.4 cm³/mol. The van der Waals surface area contributed by atoms with Gasteiger partial charge in [-0.05, 0) is 56.6 Å². The fourth-order valence-corrected chi connectivity index (χ4v) is 3.61. The molecule has 2 rings (SSSR count). The first kappa shape index (κ1) is 16.5. The molecule has 0 amide bonds. The van der Waals surface area contributed by atoms with Crippen molar-refractivity contribution in [3.8, 4) is 0 Å². The lowest BCUT2D eigenvalue weighted by molar-refractivity contribution is 0.162. The monoisotopic (exact) mass is 290 g/mol. The molecule has 2 unspecified atom stereocenters. The molecule has 1 heterocycles. The van der Waals surface area contributed by atoms with E-state index < -0.39 is 0 Å². The molecule has 0 aromatic heterocycles. The molecule has 1 aliphatic rings. The van der Waals surface area contributed by atoms with Gasteiger partial charge < -0.3 is 10.1 Å². The summed E-state index contributed by atoms with van der Waals surface area (Å²) in [6, 6.07) is 9.58. The van der Waals surface area contributed by atoms with E-state index in [-0.39, 0.29) is 0 Å². The fourth-order valence-electron chi connectivity index (χ4n) is 3.61. The summed E-state index contributed by atoms with van der Waals surface area (Å²) in [6.45, 7) is 6.43. The Hall–Kier alpha value is -0.900. The molecule has 3 nitrogen and oxygen atoms in total. The zero-order valence-corrected chi connectivity index (χ0v) is 13.8. The van der Waals surface area contributed by atoms with E-state index in [2.05, 4.69) is 48.5 Å². The van der Waals surface area contributed by atoms with Crippen LogP contribution in [0.25, 0.3) is 0 Å². The number of nitrogens with one attached hydrogen (secondary N) is 1. The highest BCUT2D eigenvalue weighted by Gasteiger charge is 2.29. The summed E-state index contributed by atoms with van der Waals surface area (Å²) >= 11 is 0. The minimum atomic E-state index is 0.543. The van der Waals surface area contributed by atoms with Crippen molar-refractivity contribution in [3.05, 3.63) is 35.4 Å². The smallest absolute Gasteiger partial charge is 0.0713 e. The summed E-state index contributed by atoms with van der Waals surface area (Å²) in [5, 5.41) is 3.39. The predicted octanol–water partition coefficient (Wildman–Crippen LogP) is 3.22. The van der Waals surface area contributed by atoms with Gasteiger partial charge in [0.1, 0.15) is 0 Å². The van der Waals surface area contributed by atoms with Crippen molar-refractivity contribution in [2.75, 3.05) is 33.8 Å². The third kappa shape index (κ3) is 4.29. The molecule has 1 aromatic carbocycles. The quantitative estimate of drug-likeness (QED) is 0.870. The van der Waals surface area contributed by atoms with Gasteiger partial charge in [-0.25, -0.2) is 0 Å². The van der Waals surface area contributed by atoms with Crippen LogP contribution >= 0.6 is 0 Å². The summed E-state index contributed by atoms with van der Waals surface area (Å²) in [7, 11) is 3.82. The van der Waals surface area contributed by atoms with Gasteiger partial charge in [-0.3, -0.25) is 4.90 Å². The molecule has 118 valence electrons. The lowest BCUT2D eigenvalue weighted by Crippen LogP contribution is -2.36. The van der Waals surface area contributed by atoms with Crippen LogP contribution in [0.1, 0.15) is 43.4 Å². The van der Waals surface area contributed by atoms with Crippen LogP contribution in [0.15, 0.2) is 24.3 Å². The maximum absolute atomic E-state index is 5.21. The normalized spacial score (nSPS) is 24.0. The Morgan fingerprint density at radius 3 is 2.62 bits per heavy atom. The molecule has 1 N–H and O–H groups in total. The van der Waals surface area contributed by atoms with Crippen LogP contribution in [0.5, 0.6) is 0 Å². The van der Waals surface area contributed by atoms with E-state index in [4.69, 9.17) is 4.74 Å². The Bertz CT molecular complexity index is 404. The van der Waals surface area contributed by atoms with E-state index in [0.717, 1.165) is 13.1 Å². The fraction of sp³-hybridized carbons (Fsp3) is 0.667. The largest absolute Gasteiger partial charge is 0.380 e. The zero-order chi connectivity index (χ0) is 15.1. The highest BCUT2D eigenvalue weighted by atomic mass is 16.5. The second-order valence-corrected chi connectivity index (χ2v) is 6.06. The number of likely N-dealkylation sites (tertiary alicyclic amines) is 1. The number of methoxy groups -OCH3 is 1. The Balaban J connectivity index is 2.23. The molecule has 0 bridgehead atoms. The van der Waals surface area contributed by atoms with E-state index in [1.54, 1.807) is 7.11 Å². The number of hydrogen-bond acceptors (Lipinski definition) is 3. The van der Waals surface area contributed by atoms with E-state index in [0.29, 0.717) is 18.6 Å². The molecule has 3 heteroatoms. The average molecular weight is 290 g/mol. The van der Waals surface area contributed by atoms with Gasteiger partial charge in [0.2, 0.25) is 0 Å². The summed E-state index contributed by atoms with van der Waals surface area (Å²) in [6.07, 6.45) is 4.00. The van der Waals surface area contributed by atoms with Gasteiger partial charge in [0, 0.05) is 13.2 Å². The van der Waals surface area contributed by atoms with E-state index >= 15 is 0 Å². The molecule has 1 fully saturated rings. The van der Waals surface area contributed by atoms with Gasteiger partial charge in [0.25, 0.3) is 0 Å². The first-order valence-electron chi connectivity index (χ1n) is 8.26. The van der Waals surface area contributed by atoms with Crippen LogP contribution in [-0.2, 0) is 11.3 Å². The van der Waals surface area contributed by atoms with Crippen LogP contribution in [0.3, 0.4) is 0 Å². The van der Waals surface area contributed by atoms with Crippen molar-refractivity contribution in [1.29, 1.82) is 0 Å². The maximum atomic E-state index is 5.21. The lowest BCUT2D eigenvalue weighted by Gasteiger charge is -2.35. The summed E-state index contributed by atoms with van der Waals surface area (Å²) in [5.74, 6) is 0.700. The highest BCUT2D eigenvalue weighted by molar-refractivity contribution is 5.25. The second kappa shape index (κ2) is 8.52.